The van der Waals surface area contributed by atoms with Crippen LogP contribution in [0.25, 0.3) is 22.4 Å². The van der Waals surface area contributed by atoms with Crippen LogP contribution in [0.5, 0.6) is 0 Å². The maximum Gasteiger partial charge on any atom is 0.336 e. The van der Waals surface area contributed by atoms with Gasteiger partial charge in [-0.25, -0.2) is 4.79 Å². The minimum Gasteiger partial charge on any atom is -0.423 e. The summed E-state index contributed by atoms with van der Waals surface area (Å²) in [5, 5.41) is 7.60. The smallest absolute Gasteiger partial charge is 0.336 e. The first-order valence-corrected chi connectivity index (χ1v) is 9.22. The molecular weight excluding hydrogens is 370 g/mol. The summed E-state index contributed by atoms with van der Waals surface area (Å²) in [5.74, 6) is 0.700. The minimum absolute atomic E-state index is 0.186. The summed E-state index contributed by atoms with van der Waals surface area (Å²) in [5.41, 5.74) is 3.42. The summed E-state index contributed by atoms with van der Waals surface area (Å²) in [6.07, 6.45) is 0.512. The third kappa shape index (κ3) is 4.24. The average Bonchev–Trinajstić information content (AvgIpc) is 3.15. The van der Waals surface area contributed by atoms with E-state index in [0.29, 0.717) is 29.4 Å². The maximum atomic E-state index is 12.3. The molecule has 4 aromatic rings. The van der Waals surface area contributed by atoms with Gasteiger partial charge in [0.2, 0.25) is 17.6 Å². The monoisotopic (exact) mass is 389 g/mol. The molecule has 4 rings (SSSR count). The van der Waals surface area contributed by atoms with Gasteiger partial charge in [0.15, 0.2) is 0 Å². The van der Waals surface area contributed by atoms with Crippen molar-refractivity contribution in [1.82, 2.24) is 10.1 Å². The predicted octanol–water partition coefficient (Wildman–Crippen LogP) is 4.03. The van der Waals surface area contributed by atoms with Crippen molar-refractivity contribution in [2.24, 2.45) is 0 Å². The van der Waals surface area contributed by atoms with Crippen LogP contribution in [0.1, 0.15) is 23.4 Å². The number of hydrogen-bond donors (Lipinski definition) is 1. The lowest BCUT2D eigenvalue weighted by molar-refractivity contribution is -0.116. The number of aromatic nitrogens is 2. The van der Waals surface area contributed by atoms with E-state index in [1.165, 1.54) is 6.07 Å². The first-order valence-electron chi connectivity index (χ1n) is 9.22. The summed E-state index contributed by atoms with van der Waals surface area (Å²) >= 11 is 0. The number of carbonyl (C=O) groups is 1. The largest absolute Gasteiger partial charge is 0.423 e. The second-order valence-corrected chi connectivity index (χ2v) is 6.89. The molecule has 0 unspecified atom stereocenters. The van der Waals surface area contributed by atoms with Crippen LogP contribution in [-0.4, -0.2) is 16.0 Å². The van der Waals surface area contributed by atoms with Gasteiger partial charge in [-0.05, 0) is 31.5 Å². The first-order chi connectivity index (χ1) is 14.0. The second-order valence-electron chi connectivity index (χ2n) is 6.89. The van der Waals surface area contributed by atoms with Crippen LogP contribution in [0.4, 0.5) is 5.69 Å². The standard InChI is InChI=1S/C22H19N3O4/c1-13-3-5-15(6-4-13)22-24-20(29-25-22)10-9-19(26)23-16-7-8-17-14(2)11-21(27)28-18(17)12-16/h3-8,11-12H,9-10H2,1-2H3,(H,23,26). The number of hydrogen-bond acceptors (Lipinski definition) is 6. The second kappa shape index (κ2) is 7.71. The summed E-state index contributed by atoms with van der Waals surface area (Å²) in [6.45, 7) is 3.85. The fourth-order valence-corrected chi connectivity index (χ4v) is 3.02. The van der Waals surface area contributed by atoms with E-state index in [-0.39, 0.29) is 12.3 Å². The van der Waals surface area contributed by atoms with Crippen LogP contribution in [0.3, 0.4) is 0 Å². The Hall–Kier alpha value is -3.74. The number of benzene rings is 2. The molecule has 146 valence electrons. The van der Waals surface area contributed by atoms with Gasteiger partial charge in [0.1, 0.15) is 5.58 Å². The van der Waals surface area contributed by atoms with Crippen molar-refractivity contribution in [1.29, 1.82) is 0 Å². The van der Waals surface area contributed by atoms with Crippen LogP contribution in [-0.2, 0) is 11.2 Å². The van der Waals surface area contributed by atoms with Gasteiger partial charge in [0, 0.05) is 41.6 Å². The predicted molar refractivity (Wildman–Crippen MR) is 109 cm³/mol. The zero-order valence-electron chi connectivity index (χ0n) is 16.1. The zero-order valence-corrected chi connectivity index (χ0v) is 16.1. The minimum atomic E-state index is -0.417. The molecule has 0 spiro atoms. The Labute approximate surface area is 166 Å². The van der Waals surface area contributed by atoms with Crippen LogP contribution in [0.15, 0.2) is 62.3 Å². The number of anilines is 1. The number of amides is 1. The Balaban J connectivity index is 1.40. The number of nitrogens with zero attached hydrogens (tertiary/aromatic N) is 2. The molecular formula is C22H19N3O4. The molecule has 0 saturated heterocycles. The van der Waals surface area contributed by atoms with E-state index >= 15 is 0 Å². The third-order valence-corrected chi connectivity index (χ3v) is 4.58. The summed E-state index contributed by atoms with van der Waals surface area (Å²) in [6, 6.07) is 14.5. The number of fused-ring (bicyclic) bond motifs is 1. The van der Waals surface area contributed by atoms with Gasteiger partial charge >= 0.3 is 5.63 Å². The van der Waals surface area contributed by atoms with Gasteiger partial charge in [-0.3, -0.25) is 4.79 Å². The number of carbonyl (C=O) groups excluding carboxylic acids is 1. The number of aryl methyl sites for hydroxylation is 3. The van der Waals surface area contributed by atoms with Crippen LogP contribution in [0.2, 0.25) is 0 Å². The molecule has 2 aromatic heterocycles. The first kappa shape index (κ1) is 18.6. The summed E-state index contributed by atoms with van der Waals surface area (Å²) in [4.78, 5) is 28.2. The zero-order chi connectivity index (χ0) is 20.4. The Morgan fingerprint density at radius 3 is 2.66 bits per heavy atom. The molecule has 7 heteroatoms. The van der Waals surface area contributed by atoms with E-state index in [4.69, 9.17) is 8.94 Å². The highest BCUT2D eigenvalue weighted by molar-refractivity contribution is 5.93. The molecule has 7 nitrogen and oxygen atoms in total. The molecule has 2 aromatic carbocycles. The lowest BCUT2D eigenvalue weighted by Crippen LogP contribution is -2.12. The van der Waals surface area contributed by atoms with Crippen LogP contribution >= 0.6 is 0 Å². The fraction of sp³-hybridized carbons (Fsp3) is 0.182. The van der Waals surface area contributed by atoms with Gasteiger partial charge in [0.05, 0.1) is 0 Å². The van der Waals surface area contributed by atoms with Crippen molar-refractivity contribution >= 4 is 22.6 Å². The van der Waals surface area contributed by atoms with E-state index in [1.807, 2.05) is 44.2 Å². The van der Waals surface area contributed by atoms with E-state index in [9.17, 15) is 9.59 Å². The van der Waals surface area contributed by atoms with Crippen LogP contribution < -0.4 is 10.9 Å². The van der Waals surface area contributed by atoms with E-state index in [2.05, 4.69) is 15.5 Å². The molecule has 29 heavy (non-hydrogen) atoms. The normalized spacial score (nSPS) is 11.0. The summed E-state index contributed by atoms with van der Waals surface area (Å²) < 4.78 is 10.4. The third-order valence-electron chi connectivity index (χ3n) is 4.58. The Bertz CT molecular complexity index is 1240. The highest BCUT2D eigenvalue weighted by Gasteiger charge is 2.11. The Kier molecular flexibility index (Phi) is 4.95. The van der Waals surface area contributed by atoms with Crippen molar-refractivity contribution in [3.63, 3.8) is 0 Å². The van der Waals surface area contributed by atoms with Crippen molar-refractivity contribution in [3.8, 4) is 11.4 Å². The van der Waals surface area contributed by atoms with Crippen LogP contribution in [0, 0.1) is 13.8 Å². The quantitative estimate of drug-likeness (QED) is 0.518. The highest BCUT2D eigenvalue weighted by Crippen LogP contribution is 2.21. The fourth-order valence-electron chi connectivity index (χ4n) is 3.02. The Morgan fingerprint density at radius 2 is 1.86 bits per heavy atom. The molecule has 0 radical (unpaired) electrons. The lowest BCUT2D eigenvalue weighted by Gasteiger charge is -2.06. The SMILES string of the molecule is Cc1ccc(-c2noc(CCC(=O)Nc3ccc4c(C)cc(=O)oc4c3)n2)cc1. The molecule has 1 N–H and O–H groups in total. The molecule has 0 aliphatic carbocycles. The van der Waals surface area contributed by atoms with E-state index in [1.54, 1.807) is 12.1 Å². The molecule has 0 atom stereocenters. The van der Waals surface area contributed by atoms with Crippen molar-refractivity contribution in [2.45, 2.75) is 26.7 Å². The van der Waals surface area contributed by atoms with Gasteiger partial charge < -0.3 is 14.3 Å². The number of nitrogens with one attached hydrogen (secondary N) is 1. The molecule has 0 aliphatic heterocycles. The maximum absolute atomic E-state index is 12.3. The highest BCUT2D eigenvalue weighted by atomic mass is 16.5. The molecule has 0 fully saturated rings. The molecule has 0 bridgehead atoms. The van der Waals surface area contributed by atoms with Gasteiger partial charge in [0.25, 0.3) is 0 Å². The molecule has 1 amide bonds. The molecule has 0 saturated carbocycles. The lowest BCUT2D eigenvalue weighted by atomic mass is 10.1. The van der Waals surface area contributed by atoms with E-state index in [0.717, 1.165) is 22.1 Å². The van der Waals surface area contributed by atoms with Crippen molar-refractivity contribution in [3.05, 3.63) is 76.0 Å². The summed E-state index contributed by atoms with van der Waals surface area (Å²) in [7, 11) is 0. The Morgan fingerprint density at radius 1 is 1.07 bits per heavy atom. The van der Waals surface area contributed by atoms with E-state index < -0.39 is 5.63 Å². The molecule has 0 aliphatic rings. The van der Waals surface area contributed by atoms with Gasteiger partial charge in [-0.1, -0.05) is 35.0 Å². The van der Waals surface area contributed by atoms with Gasteiger partial charge in [-0.15, -0.1) is 0 Å². The molecule has 2 heterocycles. The topological polar surface area (TPSA) is 98.2 Å². The number of rotatable bonds is 5. The van der Waals surface area contributed by atoms with Crippen molar-refractivity contribution in [2.75, 3.05) is 5.32 Å². The average molecular weight is 389 g/mol. The van der Waals surface area contributed by atoms with Gasteiger partial charge in [-0.2, -0.15) is 4.98 Å². The van der Waals surface area contributed by atoms with Crippen molar-refractivity contribution < 1.29 is 13.7 Å².